The van der Waals surface area contributed by atoms with Crippen molar-refractivity contribution in [3.63, 3.8) is 0 Å². The number of hydrogen-bond donors (Lipinski definition) is 2. The summed E-state index contributed by atoms with van der Waals surface area (Å²) in [5.41, 5.74) is 2.78. The predicted molar refractivity (Wildman–Crippen MR) is 140 cm³/mol. The zero-order valence-electron chi connectivity index (χ0n) is 19.5. The topological polar surface area (TPSA) is 64.3 Å². The van der Waals surface area contributed by atoms with Crippen molar-refractivity contribution in [2.75, 3.05) is 34.8 Å². The van der Waals surface area contributed by atoms with E-state index in [0.717, 1.165) is 50.4 Å². The summed E-state index contributed by atoms with van der Waals surface area (Å²) in [5, 5.41) is 3.04. The predicted octanol–water partition coefficient (Wildman–Crippen LogP) is 6.32. The number of aromatic nitrogens is 2. The SMILES string of the molecule is CCCN(CCCC(=O)Nc1c(N(CCC)c2ccccc2)[nH]cnc1=S)c1ccccc1. The summed E-state index contributed by atoms with van der Waals surface area (Å²) >= 11 is 5.48. The van der Waals surface area contributed by atoms with Crippen LogP contribution in [0.1, 0.15) is 39.5 Å². The Kier molecular flexibility index (Phi) is 9.44. The second-order valence-corrected chi connectivity index (χ2v) is 8.28. The van der Waals surface area contributed by atoms with E-state index in [1.165, 1.54) is 5.69 Å². The third-order valence-electron chi connectivity index (χ3n) is 5.33. The lowest BCUT2D eigenvalue weighted by Gasteiger charge is -2.26. The van der Waals surface area contributed by atoms with Crippen LogP contribution in [0, 0.1) is 4.64 Å². The number of carbonyl (C=O) groups excluding carboxylic acids is 1. The number of nitrogens with one attached hydrogen (secondary N) is 2. The van der Waals surface area contributed by atoms with Crippen LogP contribution in [0.3, 0.4) is 0 Å². The van der Waals surface area contributed by atoms with Gasteiger partial charge in [-0.3, -0.25) is 4.79 Å². The van der Waals surface area contributed by atoms with E-state index < -0.39 is 0 Å². The molecule has 2 aromatic carbocycles. The van der Waals surface area contributed by atoms with Crippen molar-refractivity contribution in [3.05, 3.63) is 71.6 Å². The molecule has 0 radical (unpaired) electrons. The minimum Gasteiger partial charge on any atom is -0.372 e. The molecule has 0 saturated heterocycles. The molecular weight excluding hydrogens is 430 g/mol. The maximum atomic E-state index is 12.9. The first kappa shape index (κ1) is 24.5. The Balaban J connectivity index is 1.70. The second kappa shape index (κ2) is 12.7. The van der Waals surface area contributed by atoms with Gasteiger partial charge >= 0.3 is 0 Å². The largest absolute Gasteiger partial charge is 0.372 e. The molecule has 3 aromatic rings. The number of nitrogens with zero attached hydrogens (tertiary/aromatic N) is 3. The van der Waals surface area contributed by atoms with Crippen LogP contribution in [-0.2, 0) is 4.79 Å². The van der Waals surface area contributed by atoms with E-state index >= 15 is 0 Å². The number of para-hydroxylation sites is 2. The van der Waals surface area contributed by atoms with Crippen molar-refractivity contribution in [3.8, 4) is 0 Å². The molecule has 3 rings (SSSR count). The number of H-pyrrole nitrogens is 1. The van der Waals surface area contributed by atoms with E-state index in [-0.39, 0.29) is 5.91 Å². The molecule has 0 atom stereocenters. The highest BCUT2D eigenvalue weighted by Crippen LogP contribution is 2.30. The van der Waals surface area contributed by atoms with Crippen molar-refractivity contribution in [2.45, 2.75) is 39.5 Å². The molecule has 0 unspecified atom stereocenters. The summed E-state index contributed by atoms with van der Waals surface area (Å²) in [4.78, 5) is 24.7. The molecule has 174 valence electrons. The minimum absolute atomic E-state index is 0.0576. The molecule has 7 heteroatoms. The normalized spacial score (nSPS) is 10.6. The van der Waals surface area contributed by atoms with Crippen LogP contribution in [0.15, 0.2) is 67.0 Å². The Morgan fingerprint density at radius 3 is 2.21 bits per heavy atom. The number of carbonyl (C=O) groups is 1. The summed E-state index contributed by atoms with van der Waals surface area (Å²) in [6.45, 7) is 6.86. The number of aromatic amines is 1. The summed E-state index contributed by atoms with van der Waals surface area (Å²) in [6, 6.07) is 20.4. The highest BCUT2D eigenvalue weighted by Gasteiger charge is 2.17. The monoisotopic (exact) mass is 463 g/mol. The first-order valence-electron chi connectivity index (χ1n) is 11.6. The van der Waals surface area contributed by atoms with Crippen LogP contribution < -0.4 is 15.1 Å². The Labute approximate surface area is 201 Å². The maximum Gasteiger partial charge on any atom is 0.224 e. The summed E-state index contributed by atoms with van der Waals surface area (Å²) in [5.74, 6) is 0.700. The third-order valence-corrected chi connectivity index (χ3v) is 5.64. The first-order chi connectivity index (χ1) is 16.1. The molecule has 0 aliphatic heterocycles. The molecule has 1 heterocycles. The molecule has 0 saturated carbocycles. The zero-order chi connectivity index (χ0) is 23.5. The van der Waals surface area contributed by atoms with Gasteiger partial charge in [-0.15, -0.1) is 0 Å². The van der Waals surface area contributed by atoms with E-state index in [1.807, 2.05) is 48.5 Å². The van der Waals surface area contributed by atoms with Gasteiger partial charge < -0.3 is 20.1 Å². The van der Waals surface area contributed by atoms with Crippen LogP contribution in [0.2, 0.25) is 0 Å². The highest BCUT2D eigenvalue weighted by atomic mass is 32.1. The van der Waals surface area contributed by atoms with Crippen LogP contribution in [0.25, 0.3) is 0 Å². The van der Waals surface area contributed by atoms with Gasteiger partial charge in [0.1, 0.15) is 11.5 Å². The Morgan fingerprint density at radius 2 is 1.58 bits per heavy atom. The summed E-state index contributed by atoms with van der Waals surface area (Å²) in [7, 11) is 0. The summed E-state index contributed by atoms with van der Waals surface area (Å²) < 4.78 is 0.381. The van der Waals surface area contributed by atoms with Crippen molar-refractivity contribution < 1.29 is 4.79 Å². The lowest BCUT2D eigenvalue weighted by molar-refractivity contribution is -0.116. The standard InChI is InChI=1S/C26H33N5OS/c1-3-17-30(21-12-7-5-8-13-21)19-11-16-23(32)29-24-25(27-20-28-26(24)33)31(18-4-2)22-14-9-6-10-15-22/h5-10,12-15,20H,3-4,11,16-19H2,1-2H3,(H,29,32)(H,27,28,33). The minimum atomic E-state index is -0.0576. The quantitative estimate of drug-likeness (QED) is 0.308. The molecule has 6 nitrogen and oxygen atoms in total. The molecule has 0 spiro atoms. The second-order valence-electron chi connectivity index (χ2n) is 7.89. The molecule has 1 aromatic heterocycles. The highest BCUT2D eigenvalue weighted by molar-refractivity contribution is 7.71. The lowest BCUT2D eigenvalue weighted by atomic mass is 10.2. The van der Waals surface area contributed by atoms with Crippen LogP contribution >= 0.6 is 12.2 Å². The van der Waals surface area contributed by atoms with E-state index in [4.69, 9.17) is 12.2 Å². The first-order valence-corrected chi connectivity index (χ1v) is 12.0. The third kappa shape index (κ3) is 6.89. The lowest BCUT2D eigenvalue weighted by Crippen LogP contribution is -2.26. The van der Waals surface area contributed by atoms with Crippen LogP contribution in [0.4, 0.5) is 22.9 Å². The van der Waals surface area contributed by atoms with E-state index in [9.17, 15) is 4.79 Å². The van der Waals surface area contributed by atoms with E-state index in [0.29, 0.717) is 16.7 Å². The average molecular weight is 464 g/mol. The fraction of sp³-hybridized carbons (Fsp3) is 0.346. The molecule has 1 amide bonds. The molecule has 2 N–H and O–H groups in total. The van der Waals surface area contributed by atoms with Crippen molar-refractivity contribution in [1.82, 2.24) is 9.97 Å². The number of benzene rings is 2. The van der Waals surface area contributed by atoms with Crippen LogP contribution in [0.5, 0.6) is 0 Å². The van der Waals surface area contributed by atoms with Gasteiger partial charge in [0.15, 0.2) is 4.64 Å². The molecular formula is C26H33N5OS. The van der Waals surface area contributed by atoms with Gasteiger partial charge in [0.05, 0.1) is 6.33 Å². The number of anilines is 4. The smallest absolute Gasteiger partial charge is 0.224 e. The van der Waals surface area contributed by atoms with E-state index in [2.05, 4.69) is 51.1 Å². The van der Waals surface area contributed by atoms with Crippen molar-refractivity contribution in [1.29, 1.82) is 0 Å². The van der Waals surface area contributed by atoms with Crippen molar-refractivity contribution >= 4 is 41.0 Å². The Hall–Kier alpha value is -3.19. The summed E-state index contributed by atoms with van der Waals surface area (Å²) in [6.07, 6.45) is 4.75. The fourth-order valence-electron chi connectivity index (χ4n) is 3.83. The number of hydrogen-bond acceptors (Lipinski definition) is 5. The molecule has 0 bridgehead atoms. The van der Waals surface area contributed by atoms with Gasteiger partial charge in [0.2, 0.25) is 5.91 Å². The van der Waals surface area contributed by atoms with Gasteiger partial charge in [0, 0.05) is 37.4 Å². The van der Waals surface area contributed by atoms with Gasteiger partial charge in [-0.25, -0.2) is 4.98 Å². The van der Waals surface area contributed by atoms with Crippen molar-refractivity contribution in [2.24, 2.45) is 0 Å². The van der Waals surface area contributed by atoms with Gasteiger partial charge in [0.25, 0.3) is 0 Å². The van der Waals surface area contributed by atoms with Gasteiger partial charge in [-0.1, -0.05) is 62.5 Å². The van der Waals surface area contributed by atoms with Crippen LogP contribution in [-0.4, -0.2) is 35.5 Å². The Morgan fingerprint density at radius 1 is 0.939 bits per heavy atom. The van der Waals surface area contributed by atoms with Gasteiger partial charge in [-0.2, -0.15) is 0 Å². The van der Waals surface area contributed by atoms with Gasteiger partial charge in [-0.05, 0) is 43.5 Å². The maximum absolute atomic E-state index is 12.9. The molecule has 0 fully saturated rings. The molecule has 0 aliphatic rings. The molecule has 0 aliphatic carbocycles. The molecule has 33 heavy (non-hydrogen) atoms. The average Bonchev–Trinajstić information content (AvgIpc) is 2.84. The number of rotatable bonds is 12. The Bertz CT molecular complexity index is 1060. The van der Waals surface area contributed by atoms with E-state index in [1.54, 1.807) is 6.33 Å². The fourth-order valence-corrected chi connectivity index (χ4v) is 4.03. The zero-order valence-corrected chi connectivity index (χ0v) is 20.3. The number of amides is 1.